The van der Waals surface area contributed by atoms with Gasteiger partial charge in [0.1, 0.15) is 12.1 Å². The molecule has 9 heteroatoms. The van der Waals surface area contributed by atoms with Crippen LogP contribution in [0.1, 0.15) is 32.8 Å². The molecular formula is C21H33N3O6. The Balaban J connectivity index is 2.53. The number of aliphatic hydroxyl groups is 1. The molecule has 0 saturated heterocycles. The summed E-state index contributed by atoms with van der Waals surface area (Å²) in [4.78, 5) is 37.1. The van der Waals surface area contributed by atoms with Crippen molar-refractivity contribution in [1.29, 1.82) is 0 Å². The van der Waals surface area contributed by atoms with E-state index in [0.717, 1.165) is 5.56 Å². The molecule has 3 amide bonds. The summed E-state index contributed by atoms with van der Waals surface area (Å²) in [6, 6.07) is 5.17. The van der Waals surface area contributed by atoms with Crippen molar-refractivity contribution in [2.24, 2.45) is 5.92 Å². The number of hydrogen-bond acceptors (Lipinski definition) is 6. The third-order valence-electron chi connectivity index (χ3n) is 4.33. The fourth-order valence-corrected chi connectivity index (χ4v) is 2.50. The Morgan fingerprint density at radius 3 is 2.20 bits per heavy atom. The van der Waals surface area contributed by atoms with E-state index >= 15 is 0 Å². The molecule has 0 saturated carbocycles. The van der Waals surface area contributed by atoms with Crippen LogP contribution < -0.4 is 16.0 Å². The molecule has 0 unspecified atom stereocenters. The van der Waals surface area contributed by atoms with Crippen LogP contribution in [0.15, 0.2) is 24.3 Å². The van der Waals surface area contributed by atoms with Gasteiger partial charge in [-0.15, -0.1) is 0 Å². The Morgan fingerprint density at radius 2 is 1.63 bits per heavy atom. The minimum atomic E-state index is -0.800. The monoisotopic (exact) mass is 423 g/mol. The van der Waals surface area contributed by atoms with E-state index < -0.39 is 18.0 Å². The first-order chi connectivity index (χ1) is 14.3. The molecule has 0 aromatic heterocycles. The van der Waals surface area contributed by atoms with Crippen LogP contribution >= 0.6 is 0 Å². The lowest BCUT2D eigenvalue weighted by atomic mass is 10.0. The van der Waals surface area contributed by atoms with Gasteiger partial charge in [-0.3, -0.25) is 14.4 Å². The second-order valence-electron chi connectivity index (χ2n) is 7.22. The van der Waals surface area contributed by atoms with Crippen LogP contribution in [-0.4, -0.2) is 61.8 Å². The Hall–Kier alpha value is -2.49. The molecule has 0 bridgehead atoms. The summed E-state index contributed by atoms with van der Waals surface area (Å²) in [5.74, 6) is -1.29. The highest BCUT2D eigenvalue weighted by molar-refractivity contribution is 5.98. The van der Waals surface area contributed by atoms with E-state index in [1.54, 1.807) is 38.3 Å². The zero-order chi connectivity index (χ0) is 22.5. The largest absolute Gasteiger partial charge is 0.392 e. The molecule has 0 aliphatic heterocycles. The Bertz CT molecular complexity index is 678. The fraction of sp³-hybridized carbons (Fsp3) is 0.571. The quantitative estimate of drug-likeness (QED) is 0.348. The molecule has 0 fully saturated rings. The van der Waals surface area contributed by atoms with E-state index in [4.69, 9.17) is 14.6 Å². The van der Waals surface area contributed by atoms with Gasteiger partial charge in [-0.2, -0.15) is 0 Å². The van der Waals surface area contributed by atoms with Gasteiger partial charge in [0.2, 0.25) is 17.7 Å². The maximum Gasteiger partial charge on any atom is 0.246 e. The maximum absolute atomic E-state index is 12.6. The standard InChI is InChI=1S/C21H33N3O6/c1-14(2)19(24-18(26)9-10-30-12-11-29-4)21(28)22-15(3)20(27)23-17-7-5-16(13-25)6-8-17/h5-8,14-15,19,25H,9-13H2,1-4H3,(H,22,28)(H,23,27)(H,24,26)/t15-,19-/m1/s1. The van der Waals surface area contributed by atoms with Gasteiger partial charge in [-0.1, -0.05) is 26.0 Å². The van der Waals surface area contributed by atoms with Crippen molar-refractivity contribution in [2.45, 2.75) is 45.9 Å². The number of carbonyl (C=O) groups is 3. The molecule has 1 aromatic rings. The van der Waals surface area contributed by atoms with Gasteiger partial charge in [0.15, 0.2) is 0 Å². The molecule has 1 aromatic carbocycles. The number of ether oxygens (including phenoxy) is 2. The van der Waals surface area contributed by atoms with Crippen LogP contribution in [0, 0.1) is 5.92 Å². The van der Waals surface area contributed by atoms with Gasteiger partial charge in [0.05, 0.1) is 26.4 Å². The van der Waals surface area contributed by atoms with E-state index in [2.05, 4.69) is 16.0 Å². The van der Waals surface area contributed by atoms with E-state index in [1.165, 1.54) is 0 Å². The molecule has 4 N–H and O–H groups in total. The highest BCUT2D eigenvalue weighted by Crippen LogP contribution is 2.10. The third-order valence-corrected chi connectivity index (χ3v) is 4.33. The van der Waals surface area contributed by atoms with Gasteiger partial charge in [-0.05, 0) is 30.5 Å². The zero-order valence-corrected chi connectivity index (χ0v) is 18.1. The van der Waals surface area contributed by atoms with Crippen LogP contribution in [-0.2, 0) is 30.5 Å². The Labute approximate surface area is 177 Å². The molecule has 0 aliphatic rings. The number of aliphatic hydroxyl groups excluding tert-OH is 1. The summed E-state index contributed by atoms with van der Waals surface area (Å²) >= 11 is 0. The second kappa shape index (κ2) is 13.7. The maximum atomic E-state index is 12.6. The number of methoxy groups -OCH3 is 1. The van der Waals surface area contributed by atoms with Crippen LogP contribution in [0.5, 0.6) is 0 Å². The number of carbonyl (C=O) groups excluding carboxylic acids is 3. The van der Waals surface area contributed by atoms with Crippen molar-refractivity contribution in [2.75, 3.05) is 32.2 Å². The predicted octanol–water partition coefficient (Wildman–Crippen LogP) is 0.816. The SMILES string of the molecule is COCCOCCC(=O)N[C@@H](C(=O)N[C@H](C)C(=O)Nc1ccc(CO)cc1)C(C)C. The lowest BCUT2D eigenvalue weighted by Crippen LogP contribution is -2.53. The van der Waals surface area contributed by atoms with Gasteiger partial charge >= 0.3 is 0 Å². The molecule has 30 heavy (non-hydrogen) atoms. The smallest absolute Gasteiger partial charge is 0.246 e. The molecule has 0 radical (unpaired) electrons. The first kappa shape index (κ1) is 25.5. The fourth-order valence-electron chi connectivity index (χ4n) is 2.50. The molecular weight excluding hydrogens is 390 g/mol. The molecule has 0 aliphatic carbocycles. The highest BCUT2D eigenvalue weighted by Gasteiger charge is 2.26. The van der Waals surface area contributed by atoms with Gasteiger partial charge in [0, 0.05) is 19.2 Å². The Kier molecular flexibility index (Phi) is 11.7. The molecule has 0 heterocycles. The topological polar surface area (TPSA) is 126 Å². The summed E-state index contributed by atoms with van der Waals surface area (Å²) in [6.07, 6.45) is 0.125. The number of benzene rings is 1. The average molecular weight is 424 g/mol. The van der Waals surface area contributed by atoms with Crippen molar-refractivity contribution >= 4 is 23.4 Å². The Morgan fingerprint density at radius 1 is 0.967 bits per heavy atom. The minimum absolute atomic E-state index is 0.0811. The van der Waals surface area contributed by atoms with E-state index in [9.17, 15) is 14.4 Å². The predicted molar refractivity (Wildman–Crippen MR) is 113 cm³/mol. The normalized spacial score (nSPS) is 12.9. The lowest BCUT2D eigenvalue weighted by Gasteiger charge is -2.24. The summed E-state index contributed by atoms with van der Waals surface area (Å²) in [7, 11) is 1.57. The number of amides is 3. The van der Waals surface area contributed by atoms with Crippen LogP contribution in [0.4, 0.5) is 5.69 Å². The highest BCUT2D eigenvalue weighted by atomic mass is 16.5. The number of anilines is 1. The lowest BCUT2D eigenvalue weighted by molar-refractivity contribution is -0.132. The average Bonchev–Trinajstić information content (AvgIpc) is 2.72. The van der Waals surface area contributed by atoms with Crippen LogP contribution in [0.2, 0.25) is 0 Å². The molecule has 1 rings (SSSR count). The van der Waals surface area contributed by atoms with Crippen molar-refractivity contribution < 1.29 is 29.0 Å². The number of nitrogens with one attached hydrogen (secondary N) is 3. The van der Waals surface area contributed by atoms with E-state index in [0.29, 0.717) is 18.9 Å². The summed E-state index contributed by atoms with van der Waals surface area (Å²) in [5.41, 5.74) is 1.29. The third kappa shape index (κ3) is 9.34. The van der Waals surface area contributed by atoms with Gasteiger partial charge < -0.3 is 30.5 Å². The molecule has 0 spiro atoms. The minimum Gasteiger partial charge on any atom is -0.392 e. The van der Waals surface area contributed by atoms with Crippen LogP contribution in [0.25, 0.3) is 0 Å². The number of hydrogen-bond donors (Lipinski definition) is 4. The van der Waals surface area contributed by atoms with Crippen LogP contribution in [0.3, 0.4) is 0 Å². The van der Waals surface area contributed by atoms with Crippen molar-refractivity contribution in [3.63, 3.8) is 0 Å². The van der Waals surface area contributed by atoms with Gasteiger partial charge in [0.25, 0.3) is 0 Å². The summed E-state index contributed by atoms with van der Waals surface area (Å²) in [5, 5.41) is 17.1. The van der Waals surface area contributed by atoms with Crippen molar-refractivity contribution in [3.05, 3.63) is 29.8 Å². The van der Waals surface area contributed by atoms with Crippen molar-refractivity contribution in [3.8, 4) is 0 Å². The number of rotatable bonds is 13. The van der Waals surface area contributed by atoms with E-state index in [-0.39, 0.29) is 37.4 Å². The first-order valence-electron chi connectivity index (χ1n) is 9.95. The second-order valence-corrected chi connectivity index (χ2v) is 7.22. The molecule has 168 valence electrons. The summed E-state index contributed by atoms with van der Waals surface area (Å²) < 4.78 is 10.1. The summed E-state index contributed by atoms with van der Waals surface area (Å²) in [6.45, 7) is 6.19. The molecule has 2 atom stereocenters. The molecule has 9 nitrogen and oxygen atoms in total. The van der Waals surface area contributed by atoms with Gasteiger partial charge in [-0.25, -0.2) is 0 Å². The first-order valence-corrected chi connectivity index (χ1v) is 9.95. The zero-order valence-electron chi connectivity index (χ0n) is 18.1. The van der Waals surface area contributed by atoms with E-state index in [1.807, 2.05) is 13.8 Å². The van der Waals surface area contributed by atoms with Crippen molar-refractivity contribution in [1.82, 2.24) is 10.6 Å².